The monoisotopic (exact) mass is 901 g/mol. The van der Waals surface area contributed by atoms with Crippen LogP contribution < -0.4 is 21.2 Å². The van der Waals surface area contributed by atoms with Crippen molar-refractivity contribution in [3.8, 4) is 11.8 Å². The largest absolute Gasteiger partial charge is 0.374 e. The Morgan fingerprint density at radius 1 is 1.06 bits per heavy atom. The molecule has 0 spiro atoms. The number of nitrogens with one attached hydrogen (secondary N) is 2. The summed E-state index contributed by atoms with van der Waals surface area (Å²) in [4.78, 5) is 60.5. The summed E-state index contributed by atoms with van der Waals surface area (Å²) < 4.78 is 46.5. The van der Waals surface area contributed by atoms with Gasteiger partial charge < -0.3 is 24.6 Å². The Bertz CT molecular complexity index is 2710. The number of alkyl halides is 2. The van der Waals surface area contributed by atoms with Crippen molar-refractivity contribution in [2.75, 3.05) is 49.6 Å². The van der Waals surface area contributed by atoms with Gasteiger partial charge in [-0.25, -0.2) is 23.1 Å². The van der Waals surface area contributed by atoms with Crippen molar-refractivity contribution in [1.82, 2.24) is 43.7 Å². The number of benzene rings is 1. The highest BCUT2D eigenvalue weighted by Gasteiger charge is 2.40. The minimum atomic E-state index is -2.86. The number of likely N-dealkylation sites (tertiary alicyclic amines) is 1. The number of fused-ring (bicyclic) bond motifs is 4. The minimum absolute atomic E-state index is 0. The molecule has 4 aliphatic heterocycles. The fourth-order valence-corrected chi connectivity index (χ4v) is 10.2. The van der Waals surface area contributed by atoms with E-state index in [9.17, 15) is 28.0 Å². The number of amides is 3. The SMILES string of the molecule is Cl.Cn1c(=O)n(C2CCC(=O)NC2=O)c2cccc(C#CCOC3CCN(CC4CCC(n5cc(NC(=O)c6cnn7ccc(N8C[C@H]9C[C@@H]8CO9)nc67)c(C(F)F)n5)CC4)CC3)c21. The number of rotatable bonds is 10. The average Bonchev–Trinajstić information content (AvgIpc) is 4.13. The van der Waals surface area contributed by atoms with Crippen molar-refractivity contribution in [3.63, 3.8) is 0 Å². The molecule has 3 amide bonds. The van der Waals surface area contributed by atoms with Gasteiger partial charge in [0.2, 0.25) is 11.8 Å². The van der Waals surface area contributed by atoms with E-state index < -0.39 is 30.0 Å². The van der Waals surface area contributed by atoms with Crippen LogP contribution in [0.4, 0.5) is 20.3 Å². The summed E-state index contributed by atoms with van der Waals surface area (Å²) in [6.45, 7) is 4.40. The smallest absolute Gasteiger partial charge is 0.329 e. The Kier molecular flexibility index (Phi) is 12.3. The van der Waals surface area contributed by atoms with E-state index >= 15 is 0 Å². The van der Waals surface area contributed by atoms with Crippen LogP contribution >= 0.6 is 12.4 Å². The summed E-state index contributed by atoms with van der Waals surface area (Å²) in [6, 6.07) is 6.73. The van der Waals surface area contributed by atoms with Crippen LogP contribution in [-0.4, -0.2) is 114 Å². The van der Waals surface area contributed by atoms with Crippen LogP contribution in [0.5, 0.6) is 0 Å². The third-order valence-electron chi connectivity index (χ3n) is 13.5. The number of aromatic nitrogens is 7. The van der Waals surface area contributed by atoms with Crippen LogP contribution in [0, 0.1) is 17.8 Å². The van der Waals surface area contributed by atoms with Crippen LogP contribution in [0.3, 0.4) is 0 Å². The molecule has 8 heterocycles. The molecular formula is C44H50ClF2N11O6. The lowest BCUT2D eigenvalue weighted by molar-refractivity contribution is -0.135. The molecule has 1 saturated carbocycles. The average molecular weight is 902 g/mol. The molecule has 338 valence electrons. The highest BCUT2D eigenvalue weighted by Crippen LogP contribution is 2.36. The molecule has 20 heteroatoms. The number of imide groups is 1. The van der Waals surface area contributed by atoms with E-state index in [1.165, 1.54) is 26.0 Å². The number of piperidine rings is 2. The Labute approximate surface area is 372 Å². The van der Waals surface area contributed by atoms with E-state index in [2.05, 4.69) is 42.5 Å². The predicted molar refractivity (Wildman–Crippen MR) is 233 cm³/mol. The molecule has 1 unspecified atom stereocenters. The molecule has 2 bridgehead atoms. The van der Waals surface area contributed by atoms with Crippen molar-refractivity contribution in [1.29, 1.82) is 0 Å². The summed E-state index contributed by atoms with van der Waals surface area (Å²) in [5.41, 5.74) is 1.62. The summed E-state index contributed by atoms with van der Waals surface area (Å²) in [7, 11) is 1.66. The number of hydrogen-bond acceptors (Lipinski definition) is 11. The molecule has 1 aliphatic carbocycles. The first-order valence-electron chi connectivity index (χ1n) is 21.9. The number of para-hydroxylation sites is 1. The Balaban J connectivity index is 0.00000518. The maximum atomic E-state index is 14.3. The molecule has 4 saturated heterocycles. The van der Waals surface area contributed by atoms with E-state index in [0.717, 1.165) is 76.9 Å². The number of anilines is 2. The van der Waals surface area contributed by atoms with E-state index in [0.29, 0.717) is 34.8 Å². The number of carbonyl (C=O) groups is 3. The Hall–Kier alpha value is -5.68. The predicted octanol–water partition coefficient (Wildman–Crippen LogP) is 4.41. The van der Waals surface area contributed by atoms with Gasteiger partial charge >= 0.3 is 5.69 Å². The van der Waals surface area contributed by atoms with Gasteiger partial charge in [0.25, 0.3) is 12.3 Å². The van der Waals surface area contributed by atoms with Crippen molar-refractivity contribution >= 4 is 58.3 Å². The number of imidazole rings is 1. The molecule has 2 N–H and O–H groups in total. The van der Waals surface area contributed by atoms with Crippen molar-refractivity contribution < 1.29 is 32.6 Å². The van der Waals surface area contributed by atoms with Gasteiger partial charge in [0.1, 0.15) is 24.0 Å². The molecule has 5 aromatic rings. The third kappa shape index (κ3) is 8.39. The summed E-state index contributed by atoms with van der Waals surface area (Å²) in [5, 5.41) is 13.6. The number of nitrogens with zero attached hydrogens (tertiary/aromatic N) is 9. The lowest BCUT2D eigenvalue weighted by Gasteiger charge is -2.36. The molecule has 64 heavy (non-hydrogen) atoms. The molecule has 10 rings (SSSR count). The maximum Gasteiger partial charge on any atom is 0.329 e. The highest BCUT2D eigenvalue weighted by atomic mass is 35.5. The lowest BCUT2D eigenvalue weighted by Crippen LogP contribution is -2.44. The van der Waals surface area contributed by atoms with E-state index in [4.69, 9.17) is 14.5 Å². The van der Waals surface area contributed by atoms with Gasteiger partial charge in [-0.15, -0.1) is 12.4 Å². The number of carbonyl (C=O) groups excluding carboxylic acids is 3. The van der Waals surface area contributed by atoms with E-state index in [-0.39, 0.29) is 79.0 Å². The van der Waals surface area contributed by atoms with Crippen LogP contribution in [-0.2, 0) is 26.1 Å². The van der Waals surface area contributed by atoms with Crippen LogP contribution in [0.2, 0.25) is 0 Å². The summed E-state index contributed by atoms with van der Waals surface area (Å²) in [5.74, 6) is 6.11. The molecule has 5 fully saturated rings. The minimum Gasteiger partial charge on any atom is -0.374 e. The second-order valence-electron chi connectivity index (χ2n) is 17.4. The number of halogens is 3. The third-order valence-corrected chi connectivity index (χ3v) is 13.5. The zero-order valence-corrected chi connectivity index (χ0v) is 36.1. The first-order valence-corrected chi connectivity index (χ1v) is 21.9. The van der Waals surface area contributed by atoms with Crippen molar-refractivity contribution in [3.05, 3.63) is 70.2 Å². The fourth-order valence-electron chi connectivity index (χ4n) is 10.2. The van der Waals surface area contributed by atoms with Gasteiger partial charge in [0, 0.05) is 52.0 Å². The number of hydrogen-bond donors (Lipinski definition) is 2. The standard InChI is InChI=1S/C44H49F2N11O6.ClH/c1-52-39-27(4-2-6-34(39)57(44(52)61)35-11-12-37(58)50-43(35)60)5-3-19-62-30-13-16-53(17-14-30)22-26-7-9-28(10-8-26)56-24-33(38(51-56)40(45)46)48-42(59)32-21-47-55-18-15-36(49-41(32)55)54-23-31-20-29(54)25-63-31;/h2,4,6,15,18,21,24,26,28-31,35,40H,7-14,16-17,19-20,22-23,25H2,1H3,(H,48,59)(H,50,58,60);1H/t26?,28?,29-,31-,35?;/m1./s1. The first kappa shape index (κ1) is 43.6. The summed E-state index contributed by atoms with van der Waals surface area (Å²) >= 11 is 0. The quantitative estimate of drug-likeness (QED) is 0.150. The molecule has 5 aliphatic rings. The highest BCUT2D eigenvalue weighted by molar-refractivity contribution is 6.08. The van der Waals surface area contributed by atoms with Gasteiger partial charge in [0.05, 0.1) is 59.4 Å². The lowest BCUT2D eigenvalue weighted by atomic mass is 9.85. The fraction of sp³-hybridized carbons (Fsp3) is 0.523. The van der Waals surface area contributed by atoms with Crippen LogP contribution in [0.1, 0.15) is 97.9 Å². The molecule has 4 aromatic heterocycles. The molecule has 0 radical (unpaired) electrons. The normalized spacial score (nSPS) is 24.0. The first-order chi connectivity index (χ1) is 30.6. The Morgan fingerprint density at radius 3 is 2.61 bits per heavy atom. The molecule has 17 nitrogen and oxygen atoms in total. The van der Waals surface area contributed by atoms with Crippen molar-refractivity contribution in [2.45, 2.75) is 94.5 Å². The summed E-state index contributed by atoms with van der Waals surface area (Å²) in [6.07, 6.45) is 8.73. The second-order valence-corrected chi connectivity index (χ2v) is 17.4. The van der Waals surface area contributed by atoms with E-state index in [1.807, 2.05) is 18.2 Å². The second kappa shape index (κ2) is 18.1. The topological polar surface area (TPSA) is 175 Å². The number of ether oxygens (including phenoxy) is 2. The zero-order valence-electron chi connectivity index (χ0n) is 35.3. The molecular weight excluding hydrogens is 852 g/mol. The zero-order chi connectivity index (χ0) is 43.4. The number of morpholine rings is 1. The van der Waals surface area contributed by atoms with Gasteiger partial charge in [-0.2, -0.15) is 10.2 Å². The van der Waals surface area contributed by atoms with Gasteiger partial charge in [-0.3, -0.25) is 33.5 Å². The van der Waals surface area contributed by atoms with Gasteiger partial charge in [-0.05, 0) is 75.5 Å². The molecule has 1 aromatic carbocycles. The molecule has 3 atom stereocenters. The maximum absolute atomic E-state index is 14.3. The van der Waals surface area contributed by atoms with E-state index in [1.54, 1.807) is 24.0 Å². The van der Waals surface area contributed by atoms with Gasteiger partial charge in [-0.1, -0.05) is 17.9 Å². The van der Waals surface area contributed by atoms with Crippen LogP contribution in [0.25, 0.3) is 16.7 Å². The Morgan fingerprint density at radius 2 is 1.88 bits per heavy atom. The van der Waals surface area contributed by atoms with Gasteiger partial charge in [0.15, 0.2) is 11.3 Å². The van der Waals surface area contributed by atoms with Crippen LogP contribution in [0.15, 0.2) is 47.7 Å². The van der Waals surface area contributed by atoms with Crippen molar-refractivity contribution in [2.24, 2.45) is 13.0 Å². The number of aryl methyl sites for hydroxylation is 1.